The first-order chi connectivity index (χ1) is 10.1. The van der Waals surface area contributed by atoms with E-state index in [0.717, 1.165) is 24.2 Å². The Kier molecular flexibility index (Phi) is 3.85. The highest BCUT2D eigenvalue weighted by Crippen LogP contribution is 2.36. The molecule has 1 heterocycles. The summed E-state index contributed by atoms with van der Waals surface area (Å²) in [5, 5.41) is 0.645. The normalized spacial score (nSPS) is 14.6. The summed E-state index contributed by atoms with van der Waals surface area (Å²) in [4.78, 5) is 15.2. The van der Waals surface area contributed by atoms with Gasteiger partial charge >= 0.3 is 0 Å². The van der Waals surface area contributed by atoms with E-state index in [9.17, 15) is 9.18 Å². The van der Waals surface area contributed by atoms with Crippen LogP contribution in [0.5, 0.6) is 0 Å². The molecule has 0 saturated heterocycles. The summed E-state index contributed by atoms with van der Waals surface area (Å²) in [6, 6.07) is 4.50. The number of nitrogen functional groups attached to an aromatic ring is 1. The second-order valence-electron chi connectivity index (χ2n) is 5.68. The molecule has 3 nitrogen and oxygen atoms in total. The zero-order valence-electron chi connectivity index (χ0n) is 12.1. The van der Waals surface area contributed by atoms with E-state index in [-0.39, 0.29) is 11.7 Å². The summed E-state index contributed by atoms with van der Waals surface area (Å²) in [6.07, 6.45) is 3.35. The molecular weight excluding hydrogens is 287 g/mol. The van der Waals surface area contributed by atoms with Gasteiger partial charge in [-0.2, -0.15) is 0 Å². The number of carbonyl (C=O) groups is 1. The molecule has 2 N–H and O–H groups in total. The predicted molar refractivity (Wildman–Crippen MR) is 85.1 cm³/mol. The summed E-state index contributed by atoms with van der Waals surface area (Å²) in [5.74, 6) is 0.311. The molecule has 0 bridgehead atoms. The third-order valence-corrected chi connectivity index (χ3v) is 5.01. The fourth-order valence-corrected chi connectivity index (χ4v) is 3.62. The Morgan fingerprint density at radius 1 is 1.48 bits per heavy atom. The summed E-state index contributed by atoms with van der Waals surface area (Å²) in [7, 11) is 0. The lowest BCUT2D eigenvalue weighted by Crippen LogP contribution is -2.33. The van der Waals surface area contributed by atoms with Gasteiger partial charge in [0.15, 0.2) is 0 Å². The maximum atomic E-state index is 13.3. The van der Waals surface area contributed by atoms with Gasteiger partial charge in [0.05, 0.1) is 5.69 Å². The molecule has 2 aromatic rings. The van der Waals surface area contributed by atoms with Gasteiger partial charge in [-0.1, -0.05) is 6.92 Å². The number of hydrogen-bond donors (Lipinski definition) is 1. The van der Waals surface area contributed by atoms with Crippen molar-refractivity contribution in [2.24, 2.45) is 5.92 Å². The van der Waals surface area contributed by atoms with Crippen LogP contribution in [0.3, 0.4) is 0 Å². The average Bonchev–Trinajstić information content (AvgIpc) is 3.22. The lowest BCUT2D eigenvalue weighted by Gasteiger charge is -2.21. The lowest BCUT2D eigenvalue weighted by molar-refractivity contribution is 0.0753. The van der Waals surface area contributed by atoms with Gasteiger partial charge in [-0.05, 0) is 43.4 Å². The molecule has 0 atom stereocenters. The smallest absolute Gasteiger partial charge is 0.266 e. The molecule has 3 rings (SSSR count). The quantitative estimate of drug-likeness (QED) is 0.911. The molecule has 1 aliphatic rings. The van der Waals surface area contributed by atoms with Crippen LogP contribution >= 0.6 is 11.3 Å². The molecule has 1 saturated carbocycles. The van der Waals surface area contributed by atoms with E-state index in [1.54, 1.807) is 6.07 Å². The number of nitrogens with zero attached hydrogens (tertiary/aromatic N) is 1. The van der Waals surface area contributed by atoms with Crippen LogP contribution in [0.15, 0.2) is 18.2 Å². The predicted octanol–water partition coefficient (Wildman–Crippen LogP) is 3.88. The highest BCUT2D eigenvalue weighted by molar-refractivity contribution is 7.21. The first-order valence-corrected chi connectivity index (χ1v) is 8.18. The molecule has 21 heavy (non-hydrogen) atoms. The average molecular weight is 306 g/mol. The Morgan fingerprint density at radius 3 is 2.90 bits per heavy atom. The Labute approximate surface area is 127 Å². The molecule has 0 aliphatic heterocycles. The van der Waals surface area contributed by atoms with Gasteiger partial charge in [0, 0.05) is 23.2 Å². The van der Waals surface area contributed by atoms with Crippen molar-refractivity contribution in [1.82, 2.24) is 4.90 Å². The van der Waals surface area contributed by atoms with Crippen molar-refractivity contribution in [3.63, 3.8) is 0 Å². The van der Waals surface area contributed by atoms with E-state index in [0.29, 0.717) is 21.9 Å². The molecule has 112 valence electrons. The van der Waals surface area contributed by atoms with E-state index in [1.165, 1.54) is 36.3 Å². The van der Waals surface area contributed by atoms with Crippen molar-refractivity contribution in [1.29, 1.82) is 0 Å². The zero-order valence-corrected chi connectivity index (χ0v) is 12.9. The Bertz CT molecular complexity index is 678. The van der Waals surface area contributed by atoms with Crippen LogP contribution in [-0.2, 0) is 0 Å². The number of rotatable bonds is 5. The number of carbonyl (C=O) groups excluding carboxylic acids is 1. The van der Waals surface area contributed by atoms with Gasteiger partial charge in [0.1, 0.15) is 10.7 Å². The van der Waals surface area contributed by atoms with Crippen molar-refractivity contribution in [3.05, 3.63) is 28.9 Å². The van der Waals surface area contributed by atoms with Crippen molar-refractivity contribution in [2.45, 2.75) is 26.2 Å². The fourth-order valence-electron chi connectivity index (χ4n) is 2.55. The van der Waals surface area contributed by atoms with E-state index < -0.39 is 0 Å². The van der Waals surface area contributed by atoms with E-state index in [1.807, 2.05) is 4.90 Å². The van der Waals surface area contributed by atoms with E-state index in [2.05, 4.69) is 6.92 Å². The second-order valence-corrected chi connectivity index (χ2v) is 6.73. The van der Waals surface area contributed by atoms with Gasteiger partial charge in [0.2, 0.25) is 0 Å². The minimum atomic E-state index is -0.325. The van der Waals surface area contributed by atoms with Crippen molar-refractivity contribution >= 4 is 33.0 Å². The molecule has 1 aromatic heterocycles. The maximum Gasteiger partial charge on any atom is 0.266 e. The third-order valence-electron chi connectivity index (χ3n) is 3.84. The van der Waals surface area contributed by atoms with Crippen LogP contribution in [0.25, 0.3) is 10.1 Å². The molecular formula is C16H19FN2OS. The maximum absolute atomic E-state index is 13.3. The van der Waals surface area contributed by atoms with Gasteiger partial charge in [0.25, 0.3) is 5.91 Å². The first kappa shape index (κ1) is 14.3. The third kappa shape index (κ3) is 2.88. The molecule has 5 heteroatoms. The molecule has 0 radical (unpaired) electrons. The fraction of sp³-hybridized carbons (Fsp3) is 0.438. The van der Waals surface area contributed by atoms with Crippen molar-refractivity contribution < 1.29 is 9.18 Å². The topological polar surface area (TPSA) is 46.3 Å². The standard InChI is InChI=1S/C16H19FN2OS/c1-2-7-19(9-10-3-4-10)16(20)15-14(18)12-8-11(17)5-6-13(12)21-15/h5-6,8,10H,2-4,7,9,18H2,1H3. The Morgan fingerprint density at radius 2 is 2.24 bits per heavy atom. The first-order valence-electron chi connectivity index (χ1n) is 7.37. The summed E-state index contributed by atoms with van der Waals surface area (Å²) in [5.41, 5.74) is 6.50. The van der Waals surface area contributed by atoms with Gasteiger partial charge in [-0.25, -0.2) is 4.39 Å². The summed E-state index contributed by atoms with van der Waals surface area (Å²) >= 11 is 1.36. The minimum Gasteiger partial charge on any atom is -0.397 e. The summed E-state index contributed by atoms with van der Waals surface area (Å²) < 4.78 is 14.2. The number of benzene rings is 1. The number of nitrogens with two attached hydrogens (primary N) is 1. The van der Waals surface area contributed by atoms with Crippen molar-refractivity contribution in [3.8, 4) is 0 Å². The molecule has 1 fully saturated rings. The summed E-state index contributed by atoms with van der Waals surface area (Å²) in [6.45, 7) is 3.63. The molecule has 0 unspecified atom stereocenters. The number of fused-ring (bicyclic) bond motifs is 1. The van der Waals surface area contributed by atoms with E-state index >= 15 is 0 Å². The van der Waals surface area contributed by atoms with Gasteiger partial charge < -0.3 is 10.6 Å². The molecule has 1 aromatic carbocycles. The highest BCUT2D eigenvalue weighted by atomic mass is 32.1. The Balaban J connectivity index is 1.93. The van der Waals surface area contributed by atoms with Crippen LogP contribution in [0.4, 0.5) is 10.1 Å². The molecule has 1 amide bonds. The van der Waals surface area contributed by atoms with Crippen LogP contribution in [0.2, 0.25) is 0 Å². The molecule has 1 aliphatic carbocycles. The van der Waals surface area contributed by atoms with Gasteiger partial charge in [-0.3, -0.25) is 4.79 Å². The SMILES string of the molecule is CCCN(CC1CC1)C(=O)c1sc2ccc(F)cc2c1N. The number of amides is 1. The van der Waals surface area contributed by atoms with Crippen LogP contribution in [0.1, 0.15) is 35.9 Å². The van der Waals surface area contributed by atoms with Crippen LogP contribution in [0, 0.1) is 11.7 Å². The highest BCUT2D eigenvalue weighted by Gasteiger charge is 2.28. The zero-order chi connectivity index (χ0) is 15.0. The second kappa shape index (κ2) is 5.64. The monoisotopic (exact) mass is 306 g/mol. The number of hydrogen-bond acceptors (Lipinski definition) is 3. The number of thiophene rings is 1. The van der Waals surface area contributed by atoms with Crippen LogP contribution in [-0.4, -0.2) is 23.9 Å². The largest absolute Gasteiger partial charge is 0.397 e. The van der Waals surface area contributed by atoms with Crippen molar-refractivity contribution in [2.75, 3.05) is 18.8 Å². The minimum absolute atomic E-state index is 0.0112. The molecule has 0 spiro atoms. The number of anilines is 1. The number of halogens is 1. The van der Waals surface area contributed by atoms with Crippen LogP contribution < -0.4 is 5.73 Å². The Hall–Kier alpha value is -1.62. The van der Waals surface area contributed by atoms with E-state index in [4.69, 9.17) is 5.73 Å². The van der Waals surface area contributed by atoms with Gasteiger partial charge in [-0.15, -0.1) is 11.3 Å². The lowest BCUT2D eigenvalue weighted by atomic mass is 10.2.